The molecule has 0 amide bonds. The number of rotatable bonds is 1. The van der Waals surface area contributed by atoms with Gasteiger partial charge in [0.2, 0.25) is 0 Å². The third kappa shape index (κ3) is 1.05. The summed E-state index contributed by atoms with van der Waals surface area (Å²) in [6.45, 7) is 2.00. The molecule has 2 saturated heterocycles. The van der Waals surface area contributed by atoms with Gasteiger partial charge in [0.15, 0.2) is 17.7 Å². The third-order valence-corrected chi connectivity index (χ3v) is 4.86. The summed E-state index contributed by atoms with van der Waals surface area (Å²) in [5, 5.41) is 0. The molecule has 1 aromatic carbocycles. The van der Waals surface area contributed by atoms with Crippen LogP contribution in [0.2, 0.25) is 0 Å². The summed E-state index contributed by atoms with van der Waals surface area (Å²) in [4.78, 5) is 12.5. The maximum atomic E-state index is 12.5. The predicted molar refractivity (Wildman–Crippen MR) is 64.8 cm³/mol. The SMILES string of the molecule is C[C@]12CCC[C@@]13O[C@@H](C2=O)[C@H](c1ccccc1)O3. The Hall–Kier alpha value is -1.19. The van der Waals surface area contributed by atoms with Crippen LogP contribution in [0.5, 0.6) is 0 Å². The normalized spacial score (nSPS) is 45.5. The summed E-state index contributed by atoms with van der Waals surface area (Å²) < 4.78 is 12.2. The Bertz CT molecular complexity index is 512. The molecule has 2 bridgehead atoms. The number of hydrogen-bond donors (Lipinski definition) is 0. The minimum Gasteiger partial charge on any atom is -0.338 e. The average Bonchev–Trinajstić information content (AvgIpc) is 2.99. The lowest BCUT2D eigenvalue weighted by Gasteiger charge is -2.36. The quantitative estimate of drug-likeness (QED) is 0.761. The standard InChI is InChI=1S/C15H16O3/c1-14-8-5-9-15(14)17-11(12(18-15)13(14)16)10-6-3-2-4-7-10/h2-4,6-7,11-12H,5,8-9H2,1H3/t11-,12+,14+,15+/m0/s1. The molecule has 4 rings (SSSR count). The molecule has 3 heteroatoms. The number of carbonyl (C=O) groups excluding carboxylic acids is 1. The van der Waals surface area contributed by atoms with Crippen LogP contribution in [0.4, 0.5) is 0 Å². The molecular formula is C15H16O3. The second-order valence-electron chi connectivity index (χ2n) is 5.79. The van der Waals surface area contributed by atoms with Crippen molar-refractivity contribution in [3.05, 3.63) is 35.9 Å². The highest BCUT2D eigenvalue weighted by atomic mass is 16.8. The van der Waals surface area contributed by atoms with Gasteiger partial charge in [-0.3, -0.25) is 4.79 Å². The minimum atomic E-state index is -0.644. The van der Waals surface area contributed by atoms with Gasteiger partial charge in [0.1, 0.15) is 6.10 Å². The average molecular weight is 244 g/mol. The van der Waals surface area contributed by atoms with Gasteiger partial charge < -0.3 is 9.47 Å². The number of fused-ring (bicyclic) bond motifs is 1. The lowest BCUT2D eigenvalue weighted by molar-refractivity contribution is -0.204. The minimum absolute atomic E-state index is 0.218. The largest absolute Gasteiger partial charge is 0.338 e. The van der Waals surface area contributed by atoms with Gasteiger partial charge in [-0.1, -0.05) is 30.3 Å². The fraction of sp³-hybridized carbons (Fsp3) is 0.533. The highest BCUT2D eigenvalue weighted by Gasteiger charge is 2.73. The van der Waals surface area contributed by atoms with E-state index in [9.17, 15) is 4.79 Å². The van der Waals surface area contributed by atoms with E-state index < -0.39 is 17.3 Å². The van der Waals surface area contributed by atoms with Crippen LogP contribution in [-0.2, 0) is 14.3 Å². The van der Waals surface area contributed by atoms with Gasteiger partial charge in [-0.25, -0.2) is 0 Å². The number of ether oxygens (including phenoxy) is 2. The smallest absolute Gasteiger partial charge is 0.182 e. The Morgan fingerprint density at radius 3 is 2.61 bits per heavy atom. The van der Waals surface area contributed by atoms with E-state index in [1.807, 2.05) is 37.3 Å². The molecule has 2 heterocycles. The van der Waals surface area contributed by atoms with Gasteiger partial charge >= 0.3 is 0 Å². The van der Waals surface area contributed by atoms with Crippen LogP contribution in [0.25, 0.3) is 0 Å². The first-order chi connectivity index (χ1) is 8.66. The molecule has 3 nitrogen and oxygen atoms in total. The van der Waals surface area contributed by atoms with Crippen molar-refractivity contribution in [3.63, 3.8) is 0 Å². The lowest BCUT2D eigenvalue weighted by Crippen LogP contribution is -2.47. The Kier molecular flexibility index (Phi) is 1.92. The van der Waals surface area contributed by atoms with Crippen molar-refractivity contribution in [1.82, 2.24) is 0 Å². The number of Topliss-reactive ketones (excluding diaryl/α,β-unsaturated/α-hetero) is 1. The van der Waals surface area contributed by atoms with E-state index in [4.69, 9.17) is 9.47 Å². The fourth-order valence-corrected chi connectivity index (χ4v) is 3.78. The van der Waals surface area contributed by atoms with Gasteiger partial charge in [-0.05, 0) is 25.3 Å². The molecule has 2 aliphatic heterocycles. The molecular weight excluding hydrogens is 228 g/mol. The zero-order valence-corrected chi connectivity index (χ0v) is 10.4. The van der Waals surface area contributed by atoms with E-state index in [0.29, 0.717) is 0 Å². The van der Waals surface area contributed by atoms with Crippen LogP contribution < -0.4 is 0 Å². The molecule has 3 fully saturated rings. The molecule has 0 unspecified atom stereocenters. The van der Waals surface area contributed by atoms with Crippen LogP contribution in [0.3, 0.4) is 0 Å². The van der Waals surface area contributed by atoms with Crippen molar-refractivity contribution in [2.45, 2.75) is 44.2 Å². The summed E-state index contributed by atoms with van der Waals surface area (Å²) >= 11 is 0. The summed E-state index contributed by atoms with van der Waals surface area (Å²) in [7, 11) is 0. The summed E-state index contributed by atoms with van der Waals surface area (Å²) in [6.07, 6.45) is 2.12. The molecule has 0 N–H and O–H groups in total. The third-order valence-electron chi connectivity index (χ3n) is 4.86. The Morgan fingerprint density at radius 1 is 1.11 bits per heavy atom. The fourth-order valence-electron chi connectivity index (χ4n) is 3.78. The molecule has 0 radical (unpaired) electrons. The van der Waals surface area contributed by atoms with Gasteiger partial charge in [0.05, 0.1) is 5.41 Å². The van der Waals surface area contributed by atoms with E-state index in [1.165, 1.54) is 0 Å². The molecule has 1 saturated carbocycles. The van der Waals surface area contributed by atoms with E-state index in [-0.39, 0.29) is 11.9 Å². The van der Waals surface area contributed by atoms with Crippen molar-refractivity contribution >= 4 is 5.78 Å². The molecule has 3 aliphatic rings. The molecule has 1 aromatic rings. The number of carbonyl (C=O) groups is 1. The lowest BCUT2D eigenvalue weighted by atomic mass is 9.76. The van der Waals surface area contributed by atoms with Gasteiger partial charge in [0, 0.05) is 6.42 Å². The van der Waals surface area contributed by atoms with Crippen molar-refractivity contribution in [2.75, 3.05) is 0 Å². The van der Waals surface area contributed by atoms with Crippen molar-refractivity contribution in [1.29, 1.82) is 0 Å². The second-order valence-corrected chi connectivity index (χ2v) is 5.79. The van der Waals surface area contributed by atoms with Gasteiger partial charge in [-0.2, -0.15) is 0 Å². The summed E-state index contributed by atoms with van der Waals surface area (Å²) in [6, 6.07) is 9.93. The van der Waals surface area contributed by atoms with Crippen molar-refractivity contribution in [2.24, 2.45) is 5.41 Å². The molecule has 0 aromatic heterocycles. The first kappa shape index (κ1) is 10.7. The molecule has 94 valence electrons. The van der Waals surface area contributed by atoms with Crippen LogP contribution in [0.15, 0.2) is 30.3 Å². The van der Waals surface area contributed by atoms with Gasteiger partial charge in [0.25, 0.3) is 0 Å². The van der Waals surface area contributed by atoms with E-state index in [0.717, 1.165) is 24.8 Å². The van der Waals surface area contributed by atoms with Gasteiger partial charge in [-0.15, -0.1) is 0 Å². The number of hydrogen-bond acceptors (Lipinski definition) is 3. The van der Waals surface area contributed by atoms with E-state index >= 15 is 0 Å². The Morgan fingerprint density at radius 2 is 1.83 bits per heavy atom. The maximum Gasteiger partial charge on any atom is 0.182 e. The highest BCUT2D eigenvalue weighted by Crippen LogP contribution is 2.63. The first-order valence-corrected chi connectivity index (χ1v) is 6.61. The Balaban J connectivity index is 1.76. The van der Waals surface area contributed by atoms with Crippen LogP contribution in [0, 0.1) is 5.41 Å². The van der Waals surface area contributed by atoms with Crippen molar-refractivity contribution < 1.29 is 14.3 Å². The van der Waals surface area contributed by atoms with E-state index in [1.54, 1.807) is 0 Å². The number of benzene rings is 1. The predicted octanol–water partition coefficient (Wildman–Crippen LogP) is 2.61. The first-order valence-electron chi connectivity index (χ1n) is 6.61. The van der Waals surface area contributed by atoms with Crippen LogP contribution in [0.1, 0.15) is 37.9 Å². The monoisotopic (exact) mass is 244 g/mol. The molecule has 18 heavy (non-hydrogen) atoms. The zero-order chi connectivity index (χ0) is 12.4. The maximum absolute atomic E-state index is 12.5. The van der Waals surface area contributed by atoms with E-state index in [2.05, 4.69) is 0 Å². The molecule has 1 spiro atoms. The summed E-state index contributed by atoms with van der Waals surface area (Å²) in [5.41, 5.74) is 0.629. The van der Waals surface area contributed by atoms with Crippen molar-refractivity contribution in [3.8, 4) is 0 Å². The molecule has 4 atom stereocenters. The molecule has 1 aliphatic carbocycles. The second kappa shape index (κ2) is 3.22. The van der Waals surface area contributed by atoms with Crippen LogP contribution in [-0.4, -0.2) is 17.7 Å². The van der Waals surface area contributed by atoms with Crippen LogP contribution >= 0.6 is 0 Å². The Labute approximate surface area is 106 Å². The topological polar surface area (TPSA) is 35.5 Å². The summed E-state index contributed by atoms with van der Waals surface area (Å²) in [5.74, 6) is -0.407. The highest BCUT2D eigenvalue weighted by molar-refractivity contribution is 5.93. The zero-order valence-electron chi connectivity index (χ0n) is 10.4. The number of ketones is 1.